The van der Waals surface area contributed by atoms with Crippen LogP contribution in [0.5, 0.6) is 0 Å². The zero-order valence-corrected chi connectivity index (χ0v) is 17.6. The molecule has 0 aliphatic carbocycles. The molecule has 0 saturated carbocycles. The van der Waals surface area contributed by atoms with Crippen LogP contribution in [0.15, 0.2) is 36.7 Å². The maximum atomic E-state index is 12.2. The van der Waals surface area contributed by atoms with Gasteiger partial charge in [-0.2, -0.15) is 4.98 Å². The number of rotatable bonds is 7. The van der Waals surface area contributed by atoms with E-state index in [4.69, 9.17) is 15.5 Å². The van der Waals surface area contributed by atoms with E-state index in [1.54, 1.807) is 23.0 Å². The van der Waals surface area contributed by atoms with E-state index in [0.29, 0.717) is 41.9 Å². The molecule has 3 aromatic rings. The minimum Gasteiger partial charge on any atom is -0.395 e. The second-order valence-corrected chi connectivity index (χ2v) is 7.69. The number of aryl methyl sites for hydroxylation is 2. The van der Waals surface area contributed by atoms with E-state index in [1.165, 1.54) is 0 Å². The van der Waals surface area contributed by atoms with Gasteiger partial charge in [0.1, 0.15) is 5.82 Å². The maximum Gasteiger partial charge on any atom is 0.250 e. The molecule has 1 amide bonds. The van der Waals surface area contributed by atoms with Gasteiger partial charge in [-0.15, -0.1) is 0 Å². The number of anilines is 1. The molecule has 1 fully saturated rings. The zero-order chi connectivity index (χ0) is 22.0. The molecule has 4 rings (SSSR count). The molecule has 1 aliphatic heterocycles. The second kappa shape index (κ2) is 8.83. The number of hydrogen-bond acceptors (Lipinski definition) is 7. The highest BCUT2D eigenvalue weighted by molar-refractivity contribution is 5.94. The lowest BCUT2D eigenvalue weighted by molar-refractivity contribution is 0.0998. The van der Waals surface area contributed by atoms with Crippen LogP contribution in [0.4, 0.5) is 5.95 Å². The molecule has 9 heteroatoms. The Morgan fingerprint density at radius 3 is 2.87 bits per heavy atom. The summed E-state index contributed by atoms with van der Waals surface area (Å²) in [6, 6.07) is 7.39. The summed E-state index contributed by atoms with van der Waals surface area (Å²) in [7, 11) is 0. The third-order valence-electron chi connectivity index (χ3n) is 5.41. The largest absolute Gasteiger partial charge is 0.395 e. The summed E-state index contributed by atoms with van der Waals surface area (Å²) in [5.74, 6) is -0.0463. The lowest BCUT2D eigenvalue weighted by Crippen LogP contribution is -2.22. The van der Waals surface area contributed by atoms with Crippen LogP contribution < -0.4 is 11.1 Å². The van der Waals surface area contributed by atoms with Gasteiger partial charge in [0.25, 0.3) is 5.91 Å². The Morgan fingerprint density at radius 2 is 2.19 bits per heavy atom. The average molecular weight is 422 g/mol. The number of amides is 1. The third-order valence-corrected chi connectivity index (χ3v) is 5.41. The number of nitrogens with zero attached hydrogens (tertiary/aromatic N) is 4. The zero-order valence-electron chi connectivity index (χ0n) is 17.6. The topological polar surface area (TPSA) is 128 Å². The molecule has 1 aliphatic rings. The summed E-state index contributed by atoms with van der Waals surface area (Å²) in [6.45, 7) is 4.85. The Bertz CT molecular complexity index is 1090. The number of carbonyl (C=O) groups excluding carboxylic acids is 1. The number of carbonyl (C=O) groups is 1. The van der Waals surface area contributed by atoms with Crippen LogP contribution in [0.1, 0.15) is 45.3 Å². The molecule has 0 bridgehead atoms. The van der Waals surface area contributed by atoms with Crippen LogP contribution in [-0.2, 0) is 4.74 Å². The highest BCUT2D eigenvalue weighted by Crippen LogP contribution is 2.30. The van der Waals surface area contributed by atoms with Crippen LogP contribution in [0, 0.1) is 13.8 Å². The van der Waals surface area contributed by atoms with Crippen molar-refractivity contribution in [3.05, 3.63) is 64.9 Å². The minimum absolute atomic E-state index is 0.155. The molecular weight excluding hydrogens is 396 g/mol. The fourth-order valence-electron chi connectivity index (χ4n) is 3.85. The number of pyridine rings is 1. The number of hydrogen-bond donors (Lipinski definition) is 3. The van der Waals surface area contributed by atoms with Crippen LogP contribution in [0.2, 0.25) is 0 Å². The summed E-state index contributed by atoms with van der Waals surface area (Å²) >= 11 is 0. The van der Waals surface area contributed by atoms with E-state index in [-0.39, 0.29) is 12.6 Å². The van der Waals surface area contributed by atoms with E-state index < -0.39 is 11.8 Å². The summed E-state index contributed by atoms with van der Waals surface area (Å²) in [4.78, 5) is 25.9. The number of aliphatic hydroxyl groups excluding tert-OH is 1. The molecule has 9 nitrogen and oxygen atoms in total. The number of primary amides is 1. The highest BCUT2D eigenvalue weighted by Gasteiger charge is 2.27. The van der Waals surface area contributed by atoms with Crippen molar-refractivity contribution in [2.75, 3.05) is 25.1 Å². The van der Waals surface area contributed by atoms with Gasteiger partial charge in [-0.3, -0.25) is 9.78 Å². The molecule has 0 spiro atoms. The van der Waals surface area contributed by atoms with Gasteiger partial charge in [0.05, 0.1) is 36.4 Å². The molecule has 0 unspecified atom stereocenters. The molecule has 0 aromatic carbocycles. The normalized spacial score (nSPS) is 16.9. The second-order valence-electron chi connectivity index (χ2n) is 7.69. The fourth-order valence-corrected chi connectivity index (χ4v) is 3.85. The molecule has 31 heavy (non-hydrogen) atoms. The molecule has 1 saturated heterocycles. The van der Waals surface area contributed by atoms with Gasteiger partial charge >= 0.3 is 0 Å². The smallest absolute Gasteiger partial charge is 0.250 e. The van der Waals surface area contributed by atoms with Crippen molar-refractivity contribution in [2.24, 2.45) is 5.73 Å². The monoisotopic (exact) mass is 422 g/mol. The molecule has 2 atom stereocenters. The number of aliphatic hydroxyl groups is 1. The van der Waals surface area contributed by atoms with E-state index in [2.05, 4.69) is 15.3 Å². The average Bonchev–Trinajstić information content (AvgIpc) is 3.40. The number of aromatic nitrogens is 4. The SMILES string of the molecule is Cc1cccc([C@@H](CO)c2c(C(N)=O)ccn2-c2nc(N[C@H]3CCOC3)ncc2C)n1. The predicted molar refractivity (Wildman–Crippen MR) is 115 cm³/mol. The van der Waals surface area contributed by atoms with Crippen molar-refractivity contribution in [2.45, 2.75) is 32.2 Å². The summed E-state index contributed by atoms with van der Waals surface area (Å²) in [5.41, 5.74) is 8.82. The van der Waals surface area contributed by atoms with E-state index in [0.717, 1.165) is 17.7 Å². The third kappa shape index (κ3) is 4.28. The van der Waals surface area contributed by atoms with Crippen LogP contribution >= 0.6 is 0 Å². The first kappa shape index (κ1) is 21.0. The van der Waals surface area contributed by atoms with Crippen molar-refractivity contribution in [3.63, 3.8) is 0 Å². The molecule has 3 aromatic heterocycles. The highest BCUT2D eigenvalue weighted by atomic mass is 16.5. The van der Waals surface area contributed by atoms with Gasteiger partial charge in [-0.1, -0.05) is 6.07 Å². The number of nitrogens with two attached hydrogens (primary N) is 1. The summed E-state index contributed by atoms with van der Waals surface area (Å²) in [6.07, 6.45) is 4.36. The Morgan fingerprint density at radius 1 is 1.35 bits per heavy atom. The van der Waals surface area contributed by atoms with Gasteiger partial charge in [-0.05, 0) is 38.5 Å². The number of nitrogens with one attached hydrogen (secondary N) is 1. The summed E-state index contributed by atoms with van der Waals surface area (Å²) in [5, 5.41) is 13.6. The van der Waals surface area contributed by atoms with Crippen molar-refractivity contribution >= 4 is 11.9 Å². The van der Waals surface area contributed by atoms with Crippen molar-refractivity contribution in [1.82, 2.24) is 19.5 Å². The Kier molecular flexibility index (Phi) is 5.97. The molecule has 4 heterocycles. The summed E-state index contributed by atoms with van der Waals surface area (Å²) < 4.78 is 7.20. The standard InChI is InChI=1S/C22H26N6O3/c1-13-10-24-22(26-15-7-9-31-12-15)27-21(13)28-8-6-16(20(23)30)19(28)17(11-29)18-5-3-4-14(2)25-18/h3-6,8,10,15,17,29H,7,9,11-12H2,1-2H3,(H2,23,30)(H,24,26,27)/t15-,17+/m0/s1. The Hall–Kier alpha value is -3.30. The molecule has 4 N–H and O–H groups in total. The Labute approximate surface area is 180 Å². The first-order valence-electron chi connectivity index (χ1n) is 10.2. The molecular formula is C22H26N6O3. The van der Waals surface area contributed by atoms with Crippen LogP contribution in [0.3, 0.4) is 0 Å². The first-order chi connectivity index (χ1) is 15.0. The van der Waals surface area contributed by atoms with Crippen LogP contribution in [-0.4, -0.2) is 56.4 Å². The van der Waals surface area contributed by atoms with Crippen molar-refractivity contribution in [3.8, 4) is 5.82 Å². The van der Waals surface area contributed by atoms with Crippen molar-refractivity contribution in [1.29, 1.82) is 0 Å². The molecule has 0 radical (unpaired) electrons. The molecule has 162 valence electrons. The lowest BCUT2D eigenvalue weighted by atomic mass is 9.97. The van der Waals surface area contributed by atoms with Crippen LogP contribution in [0.25, 0.3) is 5.82 Å². The van der Waals surface area contributed by atoms with Gasteiger partial charge in [0.15, 0.2) is 0 Å². The lowest BCUT2D eigenvalue weighted by Gasteiger charge is -2.20. The van der Waals surface area contributed by atoms with Gasteiger partial charge < -0.3 is 25.5 Å². The van der Waals surface area contributed by atoms with E-state index in [9.17, 15) is 9.90 Å². The van der Waals surface area contributed by atoms with Gasteiger partial charge in [-0.25, -0.2) is 4.98 Å². The van der Waals surface area contributed by atoms with Crippen molar-refractivity contribution < 1.29 is 14.6 Å². The van der Waals surface area contributed by atoms with E-state index >= 15 is 0 Å². The van der Waals surface area contributed by atoms with E-state index in [1.807, 2.05) is 32.0 Å². The Balaban J connectivity index is 1.81. The maximum absolute atomic E-state index is 12.2. The minimum atomic E-state index is -0.576. The fraction of sp³-hybridized carbons (Fsp3) is 0.364. The number of ether oxygens (including phenoxy) is 1. The van der Waals surface area contributed by atoms with Gasteiger partial charge in [0, 0.05) is 36.0 Å². The quantitative estimate of drug-likeness (QED) is 0.529. The predicted octanol–water partition coefficient (Wildman–Crippen LogP) is 1.70. The van der Waals surface area contributed by atoms with Gasteiger partial charge in [0.2, 0.25) is 5.95 Å². The first-order valence-corrected chi connectivity index (χ1v) is 10.2.